The van der Waals surface area contributed by atoms with Crippen molar-refractivity contribution < 1.29 is 34.7 Å². The zero-order valence-corrected chi connectivity index (χ0v) is 18.9. The largest absolute Gasteiger partial charge is 0.481 e. The summed E-state index contributed by atoms with van der Waals surface area (Å²) in [5.41, 5.74) is 2.57. The van der Waals surface area contributed by atoms with Crippen LogP contribution in [0.2, 0.25) is 0 Å². The molecule has 5 rings (SSSR count). The first-order chi connectivity index (χ1) is 13.7. The van der Waals surface area contributed by atoms with Crippen molar-refractivity contribution in [1.82, 2.24) is 4.98 Å². The van der Waals surface area contributed by atoms with Gasteiger partial charge in [-0.15, -0.1) is 30.3 Å². The molecule has 157 valence electrons. The van der Waals surface area contributed by atoms with E-state index in [4.69, 9.17) is 4.42 Å². The number of nitrogens with zero attached hydrogens (tertiary/aromatic N) is 1. The quantitative estimate of drug-likeness (QED) is 0.405. The summed E-state index contributed by atoms with van der Waals surface area (Å²) < 4.78 is 5.61. The first-order valence-corrected chi connectivity index (χ1v) is 10.4. The van der Waals surface area contributed by atoms with Crippen LogP contribution in [0.5, 0.6) is 0 Å². The fourth-order valence-corrected chi connectivity index (χ4v) is 4.66. The van der Waals surface area contributed by atoms with Gasteiger partial charge in [0, 0.05) is 26.0 Å². The standard InChI is InChI=1S/C13H8NO.C11H20O2.Ir/c1-2-6-10(7-3-1)13-14-11-8-4-5-9-12(11)15-13;12-9-6-2-1-4-8-5-3-7-10(13)11(8)9;/h1-6,8-9H;8-13H,1-7H2;/q-1;;. The van der Waals surface area contributed by atoms with E-state index in [1.165, 1.54) is 19.3 Å². The van der Waals surface area contributed by atoms with Gasteiger partial charge in [0.2, 0.25) is 0 Å². The maximum absolute atomic E-state index is 9.89. The van der Waals surface area contributed by atoms with Gasteiger partial charge < -0.3 is 14.6 Å². The van der Waals surface area contributed by atoms with E-state index in [0.29, 0.717) is 11.8 Å². The summed E-state index contributed by atoms with van der Waals surface area (Å²) in [7, 11) is 0. The van der Waals surface area contributed by atoms with Gasteiger partial charge in [-0.25, -0.2) is 0 Å². The van der Waals surface area contributed by atoms with E-state index in [-0.39, 0.29) is 38.2 Å². The van der Waals surface area contributed by atoms with Gasteiger partial charge in [0.25, 0.3) is 0 Å². The Morgan fingerprint density at radius 3 is 2.31 bits per heavy atom. The molecule has 0 aliphatic heterocycles. The van der Waals surface area contributed by atoms with Crippen molar-refractivity contribution in [2.45, 2.75) is 57.2 Å². The van der Waals surface area contributed by atoms with Gasteiger partial charge in [0.1, 0.15) is 11.5 Å². The van der Waals surface area contributed by atoms with Crippen LogP contribution in [0.4, 0.5) is 0 Å². The Hall–Kier alpha value is -1.52. The maximum Gasteiger partial charge on any atom is 0.141 e. The second-order valence-corrected chi connectivity index (χ2v) is 7.95. The average Bonchev–Trinajstić information content (AvgIpc) is 3.07. The van der Waals surface area contributed by atoms with Crippen LogP contribution in [-0.2, 0) is 20.1 Å². The molecule has 2 aromatic carbocycles. The minimum Gasteiger partial charge on any atom is -0.481 e. The van der Waals surface area contributed by atoms with Crippen LogP contribution in [0, 0.1) is 17.9 Å². The van der Waals surface area contributed by atoms with Crippen molar-refractivity contribution in [2.75, 3.05) is 0 Å². The molecule has 4 atom stereocenters. The molecule has 2 fully saturated rings. The minimum absolute atomic E-state index is 0. The van der Waals surface area contributed by atoms with Crippen molar-refractivity contribution in [3.8, 4) is 11.5 Å². The van der Waals surface area contributed by atoms with Crippen LogP contribution >= 0.6 is 0 Å². The zero-order chi connectivity index (χ0) is 19.3. The third kappa shape index (κ3) is 5.35. The molecule has 0 spiro atoms. The molecule has 1 radical (unpaired) electrons. The Bertz CT molecular complexity index is 849. The van der Waals surface area contributed by atoms with E-state index in [1.807, 2.05) is 48.5 Å². The number of rotatable bonds is 1. The molecule has 4 unspecified atom stereocenters. The zero-order valence-electron chi connectivity index (χ0n) is 16.5. The number of fused-ring (bicyclic) bond motifs is 2. The van der Waals surface area contributed by atoms with Crippen molar-refractivity contribution >= 4 is 11.1 Å². The molecule has 1 heterocycles. The summed E-state index contributed by atoms with van der Waals surface area (Å²) >= 11 is 0. The normalized spacial score (nSPS) is 26.4. The van der Waals surface area contributed by atoms with Gasteiger partial charge >= 0.3 is 0 Å². The van der Waals surface area contributed by atoms with Gasteiger partial charge in [0.05, 0.1) is 17.7 Å². The van der Waals surface area contributed by atoms with Gasteiger partial charge in [-0.1, -0.05) is 37.0 Å². The van der Waals surface area contributed by atoms with Crippen LogP contribution in [0.15, 0.2) is 52.9 Å². The third-order valence-electron chi connectivity index (χ3n) is 6.07. The Balaban J connectivity index is 0.000000162. The number of hydrogen-bond acceptors (Lipinski definition) is 4. The van der Waals surface area contributed by atoms with Gasteiger partial charge in [0.15, 0.2) is 0 Å². The number of para-hydroxylation sites is 2. The van der Waals surface area contributed by atoms with E-state index in [0.717, 1.165) is 42.3 Å². The molecule has 3 aromatic rings. The number of aliphatic hydroxyl groups excluding tert-OH is 2. The number of hydrogen-bond donors (Lipinski definition) is 2. The van der Waals surface area contributed by atoms with Crippen LogP contribution in [0.25, 0.3) is 22.6 Å². The smallest absolute Gasteiger partial charge is 0.141 e. The first kappa shape index (κ1) is 22.2. The average molecular weight is 571 g/mol. The minimum atomic E-state index is -0.234. The molecule has 4 nitrogen and oxygen atoms in total. The van der Waals surface area contributed by atoms with Crippen molar-refractivity contribution in [1.29, 1.82) is 0 Å². The molecule has 29 heavy (non-hydrogen) atoms. The number of aliphatic hydroxyl groups is 2. The SMILES string of the molecule is OC1CCCCC2CCCC(O)C12.[Ir].[c-]1ccccc1-c1nc2ccccc2o1. The maximum atomic E-state index is 9.89. The first-order valence-electron chi connectivity index (χ1n) is 10.4. The summed E-state index contributed by atoms with van der Waals surface area (Å²) in [5.74, 6) is 1.41. The van der Waals surface area contributed by atoms with Crippen LogP contribution in [-0.4, -0.2) is 27.4 Å². The van der Waals surface area contributed by atoms with E-state index in [2.05, 4.69) is 11.1 Å². The summed E-state index contributed by atoms with van der Waals surface area (Å²) in [6.07, 6.45) is 7.31. The van der Waals surface area contributed by atoms with E-state index in [9.17, 15) is 10.2 Å². The summed E-state index contributed by atoms with van der Waals surface area (Å²) in [6, 6.07) is 18.5. The molecule has 1 aromatic heterocycles. The Labute approximate surface area is 185 Å². The summed E-state index contributed by atoms with van der Waals surface area (Å²) in [6.45, 7) is 0. The third-order valence-corrected chi connectivity index (χ3v) is 6.07. The van der Waals surface area contributed by atoms with Crippen LogP contribution in [0.1, 0.15) is 44.9 Å². The van der Waals surface area contributed by atoms with Crippen molar-refractivity contribution in [3.05, 3.63) is 54.6 Å². The van der Waals surface area contributed by atoms with Gasteiger partial charge in [-0.2, -0.15) is 0 Å². The predicted octanol–water partition coefficient (Wildman–Crippen LogP) is 4.99. The predicted molar refractivity (Wildman–Crippen MR) is 110 cm³/mol. The van der Waals surface area contributed by atoms with E-state index < -0.39 is 0 Å². The molecule has 2 saturated carbocycles. The number of oxazole rings is 1. The fraction of sp³-hybridized carbons (Fsp3) is 0.458. The molecule has 0 amide bonds. The van der Waals surface area contributed by atoms with Gasteiger partial charge in [-0.05, 0) is 43.7 Å². The Morgan fingerprint density at radius 2 is 1.55 bits per heavy atom. The Kier molecular flexibility index (Phi) is 8.02. The molecular weight excluding hydrogens is 542 g/mol. The second kappa shape index (κ2) is 10.5. The number of aromatic nitrogens is 1. The van der Waals surface area contributed by atoms with E-state index >= 15 is 0 Å². The molecule has 2 aliphatic rings. The molecular formula is C24H28IrNO3-. The van der Waals surface area contributed by atoms with Gasteiger partial charge in [-0.3, -0.25) is 4.98 Å². The monoisotopic (exact) mass is 571 g/mol. The van der Waals surface area contributed by atoms with E-state index in [1.54, 1.807) is 0 Å². The topological polar surface area (TPSA) is 66.5 Å². The van der Waals surface area contributed by atoms with Crippen molar-refractivity contribution in [3.63, 3.8) is 0 Å². The number of benzene rings is 2. The van der Waals surface area contributed by atoms with Crippen LogP contribution < -0.4 is 0 Å². The Morgan fingerprint density at radius 1 is 0.862 bits per heavy atom. The summed E-state index contributed by atoms with van der Waals surface area (Å²) in [4.78, 5) is 4.39. The fourth-order valence-electron chi connectivity index (χ4n) is 4.66. The molecule has 2 aliphatic carbocycles. The van der Waals surface area contributed by atoms with Crippen LogP contribution in [0.3, 0.4) is 0 Å². The summed E-state index contributed by atoms with van der Waals surface area (Å²) in [5, 5.41) is 19.7. The molecule has 2 N–H and O–H groups in total. The molecule has 0 saturated heterocycles. The molecule has 5 heteroatoms. The van der Waals surface area contributed by atoms with Crippen molar-refractivity contribution in [2.24, 2.45) is 11.8 Å². The molecule has 0 bridgehead atoms. The second-order valence-electron chi connectivity index (χ2n) is 7.95.